The van der Waals surface area contributed by atoms with Gasteiger partial charge in [0.05, 0.1) is 25.9 Å². The van der Waals surface area contributed by atoms with E-state index in [2.05, 4.69) is 10.1 Å². The van der Waals surface area contributed by atoms with Gasteiger partial charge in [-0.2, -0.15) is 0 Å². The molecule has 2 aromatic rings. The van der Waals surface area contributed by atoms with Gasteiger partial charge in [0.25, 0.3) is 0 Å². The standard InChI is InChI=1S/C17H19FN2O4/c1-11-13(17(22)23-3)8-12(24-11)9-20(2)10-16(21)19-15-7-5-4-6-14(15)18/h4-8H,9-10H2,1-3H3,(H,19,21). The van der Waals surface area contributed by atoms with Crippen LogP contribution in [0.3, 0.4) is 0 Å². The Hall–Kier alpha value is -2.67. The van der Waals surface area contributed by atoms with Gasteiger partial charge < -0.3 is 14.5 Å². The fourth-order valence-corrected chi connectivity index (χ4v) is 2.25. The maximum Gasteiger partial charge on any atom is 0.341 e. The third-order valence-corrected chi connectivity index (χ3v) is 3.36. The van der Waals surface area contributed by atoms with Gasteiger partial charge in [-0.05, 0) is 32.2 Å². The zero-order valence-electron chi connectivity index (χ0n) is 13.8. The van der Waals surface area contributed by atoms with Gasteiger partial charge in [0, 0.05) is 0 Å². The Morgan fingerprint density at radius 1 is 1.33 bits per heavy atom. The Balaban J connectivity index is 1.93. The molecule has 0 aliphatic heterocycles. The van der Waals surface area contributed by atoms with Crippen molar-refractivity contribution in [2.75, 3.05) is 26.0 Å². The Kier molecular flexibility index (Phi) is 5.70. The lowest BCUT2D eigenvalue weighted by molar-refractivity contribution is -0.117. The number of para-hydroxylation sites is 1. The highest BCUT2D eigenvalue weighted by atomic mass is 19.1. The topological polar surface area (TPSA) is 71.8 Å². The van der Waals surface area contributed by atoms with E-state index in [-0.39, 0.29) is 18.1 Å². The van der Waals surface area contributed by atoms with E-state index in [1.807, 2.05) is 0 Å². The fourth-order valence-electron chi connectivity index (χ4n) is 2.25. The summed E-state index contributed by atoms with van der Waals surface area (Å²) >= 11 is 0. The summed E-state index contributed by atoms with van der Waals surface area (Å²) in [4.78, 5) is 25.2. The maximum atomic E-state index is 13.5. The van der Waals surface area contributed by atoms with Crippen molar-refractivity contribution in [1.82, 2.24) is 4.90 Å². The molecule has 0 unspecified atom stereocenters. The number of carbonyl (C=O) groups is 2. The first-order valence-electron chi connectivity index (χ1n) is 7.31. The molecule has 1 aromatic heterocycles. The summed E-state index contributed by atoms with van der Waals surface area (Å²) in [6.07, 6.45) is 0. The molecule has 24 heavy (non-hydrogen) atoms. The van der Waals surface area contributed by atoms with E-state index in [4.69, 9.17) is 4.42 Å². The summed E-state index contributed by atoms with van der Waals surface area (Å²) in [7, 11) is 3.02. The lowest BCUT2D eigenvalue weighted by Gasteiger charge is -2.15. The molecule has 128 valence electrons. The van der Waals surface area contributed by atoms with E-state index in [1.165, 1.54) is 19.2 Å². The average molecular weight is 334 g/mol. The van der Waals surface area contributed by atoms with Crippen LogP contribution in [0.4, 0.5) is 10.1 Å². The minimum absolute atomic E-state index is 0.0433. The molecule has 1 heterocycles. The van der Waals surface area contributed by atoms with Crippen LogP contribution in [0, 0.1) is 12.7 Å². The van der Waals surface area contributed by atoms with Crippen LogP contribution in [0.5, 0.6) is 0 Å². The number of hydrogen-bond donors (Lipinski definition) is 1. The molecule has 2 rings (SSSR count). The lowest BCUT2D eigenvalue weighted by atomic mass is 10.2. The SMILES string of the molecule is COC(=O)c1cc(CN(C)CC(=O)Nc2ccccc2F)oc1C. The average Bonchev–Trinajstić information content (AvgIpc) is 2.89. The molecular formula is C17H19FN2O4. The number of esters is 1. The van der Waals surface area contributed by atoms with Crippen molar-refractivity contribution in [2.24, 2.45) is 0 Å². The molecule has 1 aromatic carbocycles. The van der Waals surface area contributed by atoms with E-state index < -0.39 is 11.8 Å². The molecule has 0 bridgehead atoms. The highest BCUT2D eigenvalue weighted by Crippen LogP contribution is 2.17. The van der Waals surface area contributed by atoms with Gasteiger partial charge in [-0.15, -0.1) is 0 Å². The van der Waals surface area contributed by atoms with Crippen LogP contribution in [0.2, 0.25) is 0 Å². The van der Waals surface area contributed by atoms with Crippen LogP contribution in [0.25, 0.3) is 0 Å². The molecular weight excluding hydrogens is 315 g/mol. The van der Waals surface area contributed by atoms with Crippen LogP contribution in [0.15, 0.2) is 34.7 Å². The van der Waals surface area contributed by atoms with Crippen LogP contribution >= 0.6 is 0 Å². The first kappa shape index (κ1) is 17.7. The predicted molar refractivity (Wildman–Crippen MR) is 86.1 cm³/mol. The number of furan rings is 1. The smallest absolute Gasteiger partial charge is 0.341 e. The number of aryl methyl sites for hydroxylation is 1. The number of likely N-dealkylation sites (N-methyl/N-ethyl adjacent to an activating group) is 1. The minimum atomic E-state index is -0.488. The summed E-state index contributed by atoms with van der Waals surface area (Å²) in [6.45, 7) is 2.03. The van der Waals surface area contributed by atoms with Crippen LogP contribution in [-0.4, -0.2) is 37.5 Å². The summed E-state index contributed by atoms with van der Waals surface area (Å²) in [5.41, 5.74) is 0.495. The number of methoxy groups -OCH3 is 1. The fraction of sp³-hybridized carbons (Fsp3) is 0.294. The molecule has 0 radical (unpaired) electrons. The Morgan fingerprint density at radius 3 is 2.71 bits per heavy atom. The van der Waals surface area contributed by atoms with Gasteiger partial charge >= 0.3 is 5.97 Å². The highest BCUT2D eigenvalue weighted by molar-refractivity contribution is 5.92. The van der Waals surface area contributed by atoms with Crippen molar-refractivity contribution in [3.8, 4) is 0 Å². The van der Waals surface area contributed by atoms with Crippen molar-refractivity contribution in [3.05, 3.63) is 53.2 Å². The molecule has 0 aliphatic rings. The summed E-state index contributed by atoms with van der Waals surface area (Å²) in [6, 6.07) is 7.55. The van der Waals surface area contributed by atoms with Crippen molar-refractivity contribution >= 4 is 17.6 Å². The Morgan fingerprint density at radius 2 is 2.04 bits per heavy atom. The quantitative estimate of drug-likeness (QED) is 0.822. The predicted octanol–water partition coefficient (Wildman–Crippen LogP) is 2.58. The van der Waals surface area contributed by atoms with E-state index >= 15 is 0 Å². The number of halogens is 1. The number of rotatable bonds is 6. The van der Waals surface area contributed by atoms with Gasteiger partial charge in [-0.1, -0.05) is 12.1 Å². The number of carbonyl (C=O) groups excluding carboxylic acids is 2. The molecule has 1 amide bonds. The number of hydrogen-bond acceptors (Lipinski definition) is 5. The molecule has 0 atom stereocenters. The summed E-state index contributed by atoms with van der Waals surface area (Å²) in [5.74, 6) is -0.311. The maximum absolute atomic E-state index is 13.5. The number of amides is 1. The second-order valence-electron chi connectivity index (χ2n) is 5.37. The molecule has 7 heteroatoms. The second-order valence-corrected chi connectivity index (χ2v) is 5.37. The second kappa shape index (κ2) is 7.74. The molecule has 6 nitrogen and oxygen atoms in total. The number of ether oxygens (including phenoxy) is 1. The van der Waals surface area contributed by atoms with Gasteiger partial charge in [0.1, 0.15) is 22.9 Å². The van der Waals surface area contributed by atoms with Gasteiger partial charge in [-0.3, -0.25) is 9.69 Å². The molecule has 0 spiro atoms. The van der Waals surface area contributed by atoms with Crippen molar-refractivity contribution in [2.45, 2.75) is 13.5 Å². The van der Waals surface area contributed by atoms with E-state index in [0.29, 0.717) is 23.6 Å². The van der Waals surface area contributed by atoms with Crippen LogP contribution in [0.1, 0.15) is 21.9 Å². The monoisotopic (exact) mass is 334 g/mol. The van der Waals surface area contributed by atoms with Crippen molar-refractivity contribution < 1.29 is 23.1 Å². The zero-order valence-corrected chi connectivity index (χ0v) is 13.8. The third-order valence-electron chi connectivity index (χ3n) is 3.36. The minimum Gasteiger partial charge on any atom is -0.465 e. The molecule has 0 saturated heterocycles. The van der Waals surface area contributed by atoms with Crippen LogP contribution in [-0.2, 0) is 16.1 Å². The summed E-state index contributed by atoms with van der Waals surface area (Å²) < 4.78 is 23.7. The Labute approximate surface area is 139 Å². The number of nitrogens with zero attached hydrogens (tertiary/aromatic N) is 1. The number of benzene rings is 1. The molecule has 0 fully saturated rings. The lowest BCUT2D eigenvalue weighted by Crippen LogP contribution is -2.30. The third kappa shape index (κ3) is 4.42. The first-order chi connectivity index (χ1) is 11.4. The van der Waals surface area contributed by atoms with Gasteiger partial charge in [0.2, 0.25) is 5.91 Å². The van der Waals surface area contributed by atoms with Crippen molar-refractivity contribution in [3.63, 3.8) is 0 Å². The molecule has 0 aliphatic carbocycles. The summed E-state index contributed by atoms with van der Waals surface area (Å²) in [5, 5.41) is 2.51. The van der Waals surface area contributed by atoms with E-state index in [9.17, 15) is 14.0 Å². The number of anilines is 1. The largest absolute Gasteiger partial charge is 0.465 e. The highest BCUT2D eigenvalue weighted by Gasteiger charge is 2.17. The van der Waals surface area contributed by atoms with E-state index in [0.717, 1.165) is 0 Å². The Bertz CT molecular complexity index is 742. The molecule has 1 N–H and O–H groups in total. The first-order valence-corrected chi connectivity index (χ1v) is 7.31. The molecule has 0 saturated carbocycles. The zero-order chi connectivity index (χ0) is 17.7. The normalized spacial score (nSPS) is 10.7. The number of nitrogens with one attached hydrogen (secondary N) is 1. The van der Waals surface area contributed by atoms with Crippen LogP contribution < -0.4 is 5.32 Å². The van der Waals surface area contributed by atoms with Gasteiger partial charge in [0.15, 0.2) is 0 Å². The van der Waals surface area contributed by atoms with E-state index in [1.54, 1.807) is 37.1 Å². The van der Waals surface area contributed by atoms with Crippen molar-refractivity contribution in [1.29, 1.82) is 0 Å². The van der Waals surface area contributed by atoms with Gasteiger partial charge in [-0.25, -0.2) is 9.18 Å².